The molecule has 0 bridgehead atoms. The topological polar surface area (TPSA) is 101 Å². The summed E-state index contributed by atoms with van der Waals surface area (Å²) in [4.78, 5) is 22.5. The van der Waals surface area contributed by atoms with Crippen LogP contribution in [0.15, 0.2) is 42.5 Å². The van der Waals surface area contributed by atoms with Gasteiger partial charge in [-0.15, -0.1) is 0 Å². The minimum atomic E-state index is -0.564. The number of nitrogens with two attached hydrogens (primary N) is 1. The van der Waals surface area contributed by atoms with Crippen molar-refractivity contribution in [1.82, 2.24) is 14.5 Å². The van der Waals surface area contributed by atoms with Gasteiger partial charge in [-0.2, -0.15) is 0 Å². The quantitative estimate of drug-likeness (QED) is 0.454. The molecule has 0 radical (unpaired) electrons. The van der Waals surface area contributed by atoms with E-state index in [4.69, 9.17) is 36.5 Å². The molecule has 1 aliphatic heterocycles. The molecule has 0 spiro atoms. The number of ether oxygens (including phenoxy) is 3. The summed E-state index contributed by atoms with van der Waals surface area (Å²) in [5.41, 5.74) is 9.42. The van der Waals surface area contributed by atoms with Gasteiger partial charge >= 0.3 is 5.97 Å². The van der Waals surface area contributed by atoms with Gasteiger partial charge in [-0.05, 0) is 43.2 Å². The van der Waals surface area contributed by atoms with Gasteiger partial charge in [0.1, 0.15) is 29.3 Å². The zero-order chi connectivity index (χ0) is 22.2. The number of rotatable bonds is 5. The van der Waals surface area contributed by atoms with Gasteiger partial charge in [-0.3, -0.25) is 4.57 Å². The minimum Gasteiger partial charge on any atom is -0.495 e. The molecule has 32 heavy (non-hydrogen) atoms. The highest BCUT2D eigenvalue weighted by atomic mass is 35.5. The molecule has 8 nitrogen and oxygen atoms in total. The number of hydrogen-bond acceptors (Lipinski definition) is 7. The van der Waals surface area contributed by atoms with Crippen molar-refractivity contribution in [2.75, 3.05) is 26.1 Å². The third kappa shape index (κ3) is 3.51. The molecule has 2 N–H and O–H groups in total. The van der Waals surface area contributed by atoms with Crippen LogP contribution in [0, 0.1) is 0 Å². The first-order chi connectivity index (χ1) is 15.6. The molecule has 1 fully saturated rings. The van der Waals surface area contributed by atoms with Crippen molar-refractivity contribution in [3.05, 3.63) is 53.1 Å². The summed E-state index contributed by atoms with van der Waals surface area (Å²) >= 11 is 6.35. The zero-order valence-corrected chi connectivity index (χ0v) is 18.1. The van der Waals surface area contributed by atoms with Crippen LogP contribution in [0.25, 0.3) is 27.9 Å². The molecule has 164 valence electrons. The van der Waals surface area contributed by atoms with Crippen molar-refractivity contribution in [2.45, 2.75) is 18.9 Å². The Morgan fingerprint density at radius 2 is 2.03 bits per heavy atom. The number of methoxy groups -OCH3 is 1. The van der Waals surface area contributed by atoms with E-state index in [1.807, 2.05) is 24.3 Å². The molecule has 1 aliphatic rings. The molecule has 4 aromatic rings. The maximum Gasteiger partial charge on any atom is 0.344 e. The van der Waals surface area contributed by atoms with Crippen molar-refractivity contribution in [1.29, 1.82) is 0 Å². The van der Waals surface area contributed by atoms with Gasteiger partial charge in [-0.25, -0.2) is 14.8 Å². The lowest BCUT2D eigenvalue weighted by molar-refractivity contribution is 0.0163. The highest BCUT2D eigenvalue weighted by molar-refractivity contribution is 6.32. The first kappa shape index (κ1) is 20.5. The standard InChI is InChI=1S/C23H21ClN4O4/c1-30-18-9-8-13(11-15(18)24)28-21(25)19(23(29)32-12-14-5-4-10-31-14)20-22(28)27-17-7-3-2-6-16(17)26-20/h2-3,6-9,11,14H,4-5,10,12,25H2,1H3. The van der Waals surface area contributed by atoms with Crippen LogP contribution < -0.4 is 10.5 Å². The third-order valence-corrected chi connectivity index (χ3v) is 5.82. The molecule has 1 atom stereocenters. The van der Waals surface area contributed by atoms with E-state index in [0.717, 1.165) is 12.8 Å². The van der Waals surface area contributed by atoms with Crippen LogP contribution in [0.2, 0.25) is 5.02 Å². The summed E-state index contributed by atoms with van der Waals surface area (Å²) in [6, 6.07) is 12.6. The number of nitrogens with zero attached hydrogens (tertiary/aromatic N) is 3. The van der Waals surface area contributed by atoms with E-state index >= 15 is 0 Å². The predicted molar refractivity (Wildman–Crippen MR) is 122 cm³/mol. The number of carbonyl (C=O) groups excluding carboxylic acids is 1. The van der Waals surface area contributed by atoms with Crippen LogP contribution in [-0.4, -0.2) is 46.9 Å². The number of anilines is 1. The Morgan fingerprint density at radius 1 is 1.25 bits per heavy atom. The third-order valence-electron chi connectivity index (χ3n) is 5.52. The molecule has 0 amide bonds. The van der Waals surface area contributed by atoms with Crippen molar-refractivity contribution in [3.63, 3.8) is 0 Å². The first-order valence-electron chi connectivity index (χ1n) is 10.3. The number of nitrogen functional groups attached to an aromatic ring is 1. The molecule has 0 saturated carbocycles. The monoisotopic (exact) mass is 452 g/mol. The second-order valence-electron chi connectivity index (χ2n) is 7.53. The normalized spacial score (nSPS) is 16.0. The maximum atomic E-state index is 13.1. The van der Waals surface area contributed by atoms with Gasteiger partial charge in [-0.1, -0.05) is 23.7 Å². The van der Waals surface area contributed by atoms with E-state index in [2.05, 4.69) is 4.98 Å². The summed E-state index contributed by atoms with van der Waals surface area (Å²) in [5.74, 6) is 0.137. The van der Waals surface area contributed by atoms with Crippen molar-refractivity contribution in [2.24, 2.45) is 0 Å². The highest BCUT2D eigenvalue weighted by Crippen LogP contribution is 2.34. The fourth-order valence-corrected chi connectivity index (χ4v) is 4.19. The number of hydrogen-bond donors (Lipinski definition) is 1. The molecule has 5 rings (SSSR count). The Bertz CT molecular complexity index is 1330. The van der Waals surface area contributed by atoms with Crippen molar-refractivity contribution >= 4 is 45.6 Å². The average molecular weight is 453 g/mol. The summed E-state index contributed by atoms with van der Waals surface area (Å²) < 4.78 is 18.0. The minimum absolute atomic E-state index is 0.0965. The Labute approximate surface area is 188 Å². The first-order valence-corrected chi connectivity index (χ1v) is 10.6. The number of aromatic nitrogens is 3. The summed E-state index contributed by atoms with van der Waals surface area (Å²) in [6.45, 7) is 0.847. The van der Waals surface area contributed by atoms with E-state index in [9.17, 15) is 4.79 Å². The number of benzene rings is 2. The molecule has 0 aliphatic carbocycles. The van der Waals surface area contributed by atoms with E-state index in [-0.39, 0.29) is 24.1 Å². The largest absolute Gasteiger partial charge is 0.495 e. The molecule has 9 heteroatoms. The second kappa shape index (κ2) is 8.29. The summed E-state index contributed by atoms with van der Waals surface area (Å²) in [6.07, 6.45) is 1.72. The van der Waals surface area contributed by atoms with E-state index in [1.165, 1.54) is 0 Å². The predicted octanol–water partition coefficient (Wildman–Crippen LogP) is 4.15. The number of fused-ring (bicyclic) bond motifs is 2. The van der Waals surface area contributed by atoms with E-state index < -0.39 is 5.97 Å². The smallest absolute Gasteiger partial charge is 0.344 e. The molecular weight excluding hydrogens is 432 g/mol. The van der Waals surface area contributed by atoms with E-state index in [1.54, 1.807) is 29.9 Å². The number of carbonyl (C=O) groups is 1. The van der Waals surface area contributed by atoms with Crippen molar-refractivity contribution < 1.29 is 19.0 Å². The Hall–Kier alpha value is -3.36. The SMILES string of the molecule is COc1ccc(-n2c(N)c(C(=O)OCC3CCCO3)c3nc4ccccc4nc32)cc1Cl. The maximum absolute atomic E-state index is 13.1. The average Bonchev–Trinajstić information content (AvgIpc) is 3.41. The fraction of sp³-hybridized carbons (Fsp3) is 0.261. The Kier molecular flexibility index (Phi) is 5.32. The van der Waals surface area contributed by atoms with Gasteiger partial charge in [0.25, 0.3) is 0 Å². The fourth-order valence-electron chi connectivity index (χ4n) is 3.94. The molecular formula is C23H21ClN4O4. The summed E-state index contributed by atoms with van der Waals surface area (Å²) in [7, 11) is 1.54. The van der Waals surface area contributed by atoms with Gasteiger partial charge < -0.3 is 19.9 Å². The lowest BCUT2D eigenvalue weighted by Crippen LogP contribution is -2.18. The van der Waals surface area contributed by atoms with E-state index in [0.29, 0.717) is 45.3 Å². The number of esters is 1. The molecule has 2 aromatic heterocycles. The molecule has 2 aromatic carbocycles. The van der Waals surface area contributed by atoms with Crippen molar-refractivity contribution in [3.8, 4) is 11.4 Å². The Morgan fingerprint density at radius 3 is 2.72 bits per heavy atom. The Balaban J connectivity index is 1.67. The number of para-hydroxylation sites is 2. The van der Waals surface area contributed by atoms with Crippen LogP contribution >= 0.6 is 11.6 Å². The van der Waals surface area contributed by atoms with Crippen LogP contribution in [0.4, 0.5) is 5.82 Å². The number of halogens is 1. The lowest BCUT2D eigenvalue weighted by atomic mass is 10.2. The highest BCUT2D eigenvalue weighted by Gasteiger charge is 2.27. The van der Waals surface area contributed by atoms with Crippen LogP contribution in [0.1, 0.15) is 23.2 Å². The second-order valence-corrected chi connectivity index (χ2v) is 7.94. The molecule has 1 unspecified atom stereocenters. The molecule has 1 saturated heterocycles. The van der Waals surface area contributed by atoms with Gasteiger partial charge in [0.05, 0.1) is 35.0 Å². The van der Waals surface area contributed by atoms with Gasteiger partial charge in [0.15, 0.2) is 5.65 Å². The lowest BCUT2D eigenvalue weighted by Gasteiger charge is -2.11. The van der Waals surface area contributed by atoms with Gasteiger partial charge in [0, 0.05) is 6.61 Å². The zero-order valence-electron chi connectivity index (χ0n) is 17.4. The van der Waals surface area contributed by atoms with Crippen LogP contribution in [-0.2, 0) is 9.47 Å². The summed E-state index contributed by atoms with van der Waals surface area (Å²) in [5, 5.41) is 0.405. The molecule has 3 heterocycles. The van der Waals surface area contributed by atoms with Gasteiger partial charge in [0.2, 0.25) is 0 Å². The van der Waals surface area contributed by atoms with Crippen LogP contribution in [0.3, 0.4) is 0 Å². The van der Waals surface area contributed by atoms with Crippen LogP contribution in [0.5, 0.6) is 5.75 Å².